The maximum Gasteiger partial charge on any atom is 0.226 e. The van der Waals surface area contributed by atoms with Crippen LogP contribution in [0.2, 0.25) is 0 Å². The lowest BCUT2D eigenvalue weighted by molar-refractivity contribution is -0.133. The summed E-state index contributed by atoms with van der Waals surface area (Å²) in [5, 5.41) is 0. The van der Waals surface area contributed by atoms with Crippen LogP contribution >= 0.6 is 0 Å². The Balaban J connectivity index is 1.60. The number of carbonyl (C=O) groups excluding carboxylic acids is 1. The number of amides is 1. The van der Waals surface area contributed by atoms with Crippen molar-refractivity contribution in [3.05, 3.63) is 18.3 Å². The Morgan fingerprint density at radius 2 is 2.05 bits per heavy atom. The second-order valence-corrected chi connectivity index (χ2v) is 5.55. The Morgan fingerprint density at radius 1 is 1.37 bits per heavy atom. The molecular weight excluding hydrogens is 240 g/mol. The highest BCUT2D eigenvalue weighted by Gasteiger charge is 2.42. The van der Waals surface area contributed by atoms with E-state index in [1.807, 2.05) is 17.0 Å². The summed E-state index contributed by atoms with van der Waals surface area (Å²) < 4.78 is 0. The van der Waals surface area contributed by atoms with Gasteiger partial charge in [-0.25, -0.2) is 4.98 Å². The molecule has 102 valence electrons. The van der Waals surface area contributed by atoms with Gasteiger partial charge in [0.1, 0.15) is 0 Å². The summed E-state index contributed by atoms with van der Waals surface area (Å²) in [6, 6.07) is 3.71. The van der Waals surface area contributed by atoms with Crippen LogP contribution in [0.25, 0.3) is 0 Å². The number of anilines is 2. The predicted molar refractivity (Wildman–Crippen MR) is 74.7 cm³/mol. The van der Waals surface area contributed by atoms with Crippen LogP contribution in [0.1, 0.15) is 13.3 Å². The van der Waals surface area contributed by atoms with Gasteiger partial charge in [0.2, 0.25) is 5.91 Å². The monoisotopic (exact) mass is 260 g/mol. The Labute approximate surface area is 113 Å². The molecule has 1 aromatic heterocycles. The normalized spacial score (nSPS) is 26.4. The first-order chi connectivity index (χ1) is 9.16. The second kappa shape index (κ2) is 4.72. The van der Waals surface area contributed by atoms with E-state index in [1.54, 1.807) is 6.20 Å². The average molecular weight is 260 g/mol. The van der Waals surface area contributed by atoms with Gasteiger partial charge in [-0.1, -0.05) is 6.92 Å². The molecule has 1 amide bonds. The van der Waals surface area contributed by atoms with E-state index in [2.05, 4.69) is 16.8 Å². The number of pyridine rings is 1. The number of carbonyl (C=O) groups is 1. The van der Waals surface area contributed by atoms with Crippen molar-refractivity contribution in [3.8, 4) is 0 Å². The van der Waals surface area contributed by atoms with Gasteiger partial charge < -0.3 is 15.5 Å². The van der Waals surface area contributed by atoms with Gasteiger partial charge in [0, 0.05) is 38.3 Å². The lowest BCUT2D eigenvalue weighted by Crippen LogP contribution is -2.49. The molecule has 5 heteroatoms. The number of hydrogen-bond donors (Lipinski definition) is 1. The summed E-state index contributed by atoms with van der Waals surface area (Å²) >= 11 is 0. The third kappa shape index (κ3) is 2.37. The quantitative estimate of drug-likeness (QED) is 0.860. The van der Waals surface area contributed by atoms with E-state index in [-0.39, 0.29) is 5.92 Å². The van der Waals surface area contributed by atoms with Crippen LogP contribution in [0, 0.1) is 11.8 Å². The van der Waals surface area contributed by atoms with E-state index >= 15 is 0 Å². The molecule has 0 aromatic carbocycles. The summed E-state index contributed by atoms with van der Waals surface area (Å²) in [5.74, 6) is 2.04. The van der Waals surface area contributed by atoms with Crippen molar-refractivity contribution in [2.75, 3.05) is 36.8 Å². The van der Waals surface area contributed by atoms with E-state index in [1.165, 1.54) is 0 Å². The van der Waals surface area contributed by atoms with Crippen LogP contribution in [0.15, 0.2) is 18.3 Å². The molecule has 1 aromatic rings. The van der Waals surface area contributed by atoms with Gasteiger partial charge in [-0.3, -0.25) is 4.79 Å². The van der Waals surface area contributed by atoms with Crippen LogP contribution in [0.3, 0.4) is 0 Å². The molecule has 3 rings (SSSR count). The van der Waals surface area contributed by atoms with Crippen molar-refractivity contribution in [2.24, 2.45) is 11.8 Å². The van der Waals surface area contributed by atoms with Crippen molar-refractivity contribution < 1.29 is 4.79 Å². The van der Waals surface area contributed by atoms with Crippen LogP contribution < -0.4 is 10.6 Å². The summed E-state index contributed by atoms with van der Waals surface area (Å²) in [7, 11) is 0. The number of hydrogen-bond acceptors (Lipinski definition) is 4. The molecule has 2 N–H and O–H groups in total. The molecule has 19 heavy (non-hydrogen) atoms. The SMILES string of the molecule is CC1CC1C(=O)N1CCN(c2ncccc2N)CC1. The van der Waals surface area contributed by atoms with Crippen molar-refractivity contribution in [3.63, 3.8) is 0 Å². The van der Waals surface area contributed by atoms with E-state index in [0.717, 1.165) is 38.4 Å². The Hall–Kier alpha value is -1.78. The number of nitrogens with zero attached hydrogens (tertiary/aromatic N) is 3. The van der Waals surface area contributed by atoms with Gasteiger partial charge in [-0.2, -0.15) is 0 Å². The molecule has 5 nitrogen and oxygen atoms in total. The minimum atomic E-state index is 0.284. The highest BCUT2D eigenvalue weighted by atomic mass is 16.2. The molecule has 2 heterocycles. The number of rotatable bonds is 2. The summed E-state index contributed by atoms with van der Waals surface area (Å²) in [5.41, 5.74) is 6.64. The summed E-state index contributed by atoms with van der Waals surface area (Å²) in [6.07, 6.45) is 2.82. The van der Waals surface area contributed by atoms with Gasteiger partial charge in [-0.15, -0.1) is 0 Å². The number of aromatic nitrogens is 1. The second-order valence-electron chi connectivity index (χ2n) is 5.55. The Bertz CT molecular complexity index is 482. The predicted octanol–water partition coefficient (Wildman–Crippen LogP) is 0.968. The zero-order chi connectivity index (χ0) is 13.4. The molecule has 2 atom stereocenters. The molecule has 1 aliphatic carbocycles. The molecule has 2 aliphatic rings. The lowest BCUT2D eigenvalue weighted by Gasteiger charge is -2.36. The number of nitrogen functional groups attached to an aromatic ring is 1. The average Bonchev–Trinajstić information content (AvgIpc) is 3.16. The molecule has 2 fully saturated rings. The van der Waals surface area contributed by atoms with Crippen LogP contribution in [-0.4, -0.2) is 42.0 Å². The molecule has 0 radical (unpaired) electrons. The smallest absolute Gasteiger partial charge is 0.226 e. The van der Waals surface area contributed by atoms with Gasteiger partial charge >= 0.3 is 0 Å². The maximum atomic E-state index is 12.1. The van der Waals surface area contributed by atoms with Crippen LogP contribution in [0.5, 0.6) is 0 Å². The minimum Gasteiger partial charge on any atom is -0.396 e. The van der Waals surface area contributed by atoms with E-state index < -0.39 is 0 Å². The third-order valence-corrected chi connectivity index (χ3v) is 4.13. The zero-order valence-electron chi connectivity index (χ0n) is 11.2. The summed E-state index contributed by atoms with van der Waals surface area (Å²) in [4.78, 5) is 20.6. The van der Waals surface area contributed by atoms with Crippen molar-refractivity contribution in [1.29, 1.82) is 0 Å². The molecule has 2 unspecified atom stereocenters. The zero-order valence-corrected chi connectivity index (χ0v) is 11.2. The van der Waals surface area contributed by atoms with Crippen molar-refractivity contribution in [2.45, 2.75) is 13.3 Å². The van der Waals surface area contributed by atoms with Gasteiger partial charge in [0.15, 0.2) is 5.82 Å². The number of piperazine rings is 1. The van der Waals surface area contributed by atoms with Crippen molar-refractivity contribution >= 4 is 17.4 Å². The largest absolute Gasteiger partial charge is 0.396 e. The molecule has 1 saturated heterocycles. The molecule has 0 spiro atoms. The molecule has 1 aliphatic heterocycles. The van der Waals surface area contributed by atoms with Gasteiger partial charge in [0.25, 0.3) is 0 Å². The fraction of sp³-hybridized carbons (Fsp3) is 0.571. The third-order valence-electron chi connectivity index (χ3n) is 4.13. The standard InChI is InChI=1S/C14H20N4O/c1-10-9-11(10)14(19)18-7-5-17(6-8-18)13-12(15)3-2-4-16-13/h2-4,10-11H,5-9,15H2,1H3. The fourth-order valence-electron chi connectivity index (χ4n) is 2.71. The lowest BCUT2D eigenvalue weighted by atomic mass is 10.2. The van der Waals surface area contributed by atoms with Crippen molar-refractivity contribution in [1.82, 2.24) is 9.88 Å². The first-order valence-corrected chi connectivity index (χ1v) is 6.91. The Kier molecular flexibility index (Phi) is 3.05. The first-order valence-electron chi connectivity index (χ1n) is 6.91. The van der Waals surface area contributed by atoms with Crippen LogP contribution in [0.4, 0.5) is 11.5 Å². The summed E-state index contributed by atoms with van der Waals surface area (Å²) in [6.45, 7) is 5.33. The van der Waals surface area contributed by atoms with E-state index in [0.29, 0.717) is 17.5 Å². The van der Waals surface area contributed by atoms with Gasteiger partial charge in [0.05, 0.1) is 5.69 Å². The van der Waals surface area contributed by atoms with Crippen LogP contribution in [-0.2, 0) is 4.79 Å². The molecular formula is C14H20N4O. The first kappa shape index (κ1) is 12.3. The number of nitrogens with two attached hydrogens (primary N) is 1. The Morgan fingerprint density at radius 3 is 2.63 bits per heavy atom. The molecule has 1 saturated carbocycles. The van der Waals surface area contributed by atoms with E-state index in [9.17, 15) is 4.79 Å². The fourth-order valence-corrected chi connectivity index (χ4v) is 2.71. The van der Waals surface area contributed by atoms with Gasteiger partial charge in [-0.05, 0) is 24.5 Å². The maximum absolute atomic E-state index is 12.1. The topological polar surface area (TPSA) is 62.5 Å². The van der Waals surface area contributed by atoms with E-state index in [4.69, 9.17) is 5.73 Å². The minimum absolute atomic E-state index is 0.284. The molecule has 0 bridgehead atoms. The highest BCUT2D eigenvalue weighted by molar-refractivity contribution is 5.82. The highest BCUT2D eigenvalue weighted by Crippen LogP contribution is 2.39.